The van der Waals surface area contributed by atoms with E-state index in [1.165, 1.54) is 0 Å². The van der Waals surface area contributed by atoms with Crippen LogP contribution in [0, 0.1) is 0 Å². The Morgan fingerprint density at radius 1 is 1.22 bits per heavy atom. The maximum absolute atomic E-state index is 11.8. The van der Waals surface area contributed by atoms with Crippen molar-refractivity contribution in [2.45, 2.75) is 25.4 Å². The Morgan fingerprint density at radius 2 is 1.83 bits per heavy atom. The molecule has 0 fully saturated rings. The van der Waals surface area contributed by atoms with Crippen molar-refractivity contribution in [1.82, 2.24) is 0 Å². The summed E-state index contributed by atoms with van der Waals surface area (Å²) < 4.78 is 40.6. The summed E-state index contributed by atoms with van der Waals surface area (Å²) in [5.41, 5.74) is 0. The predicted molar refractivity (Wildman–Crippen MR) is 61.9 cm³/mol. The Morgan fingerprint density at radius 3 is 2.39 bits per heavy atom. The average molecular weight is 281 g/mol. The van der Waals surface area contributed by atoms with E-state index >= 15 is 0 Å². The van der Waals surface area contributed by atoms with E-state index in [4.69, 9.17) is 16.3 Å². The van der Waals surface area contributed by atoms with Crippen LogP contribution in [0.3, 0.4) is 0 Å². The monoisotopic (exact) mass is 280 g/mol. The third kappa shape index (κ3) is 6.49. The maximum atomic E-state index is 11.8. The number of hydrogen-bond donors (Lipinski definition) is 0. The molecule has 0 aliphatic carbocycles. The van der Waals surface area contributed by atoms with Crippen molar-refractivity contribution >= 4 is 17.4 Å². The summed E-state index contributed by atoms with van der Waals surface area (Å²) in [6.07, 6.45) is -5.49. The zero-order chi connectivity index (χ0) is 13.6. The summed E-state index contributed by atoms with van der Waals surface area (Å²) in [6.45, 7) is -0.223. The Labute approximate surface area is 108 Å². The molecule has 2 nitrogen and oxygen atoms in total. The van der Waals surface area contributed by atoms with E-state index < -0.39 is 12.6 Å². The SMILES string of the molecule is O=C(CCCC(F)(F)F)COc1ccc(Cl)cc1. The van der Waals surface area contributed by atoms with Crippen LogP contribution >= 0.6 is 11.6 Å². The number of ether oxygens (including phenoxy) is 1. The molecule has 0 saturated heterocycles. The summed E-state index contributed by atoms with van der Waals surface area (Å²) in [5.74, 6) is 0.109. The zero-order valence-corrected chi connectivity index (χ0v) is 10.2. The van der Waals surface area contributed by atoms with Crippen molar-refractivity contribution in [2.24, 2.45) is 0 Å². The molecule has 0 aliphatic heterocycles. The van der Waals surface area contributed by atoms with Crippen LogP contribution in [0.5, 0.6) is 5.75 Å². The minimum atomic E-state index is -4.21. The molecule has 1 aromatic carbocycles. The lowest BCUT2D eigenvalue weighted by Gasteiger charge is -2.07. The molecule has 1 aromatic rings. The van der Waals surface area contributed by atoms with Gasteiger partial charge in [0, 0.05) is 17.9 Å². The van der Waals surface area contributed by atoms with Crippen molar-refractivity contribution < 1.29 is 22.7 Å². The van der Waals surface area contributed by atoms with Crippen LogP contribution in [0.4, 0.5) is 13.2 Å². The highest BCUT2D eigenvalue weighted by Gasteiger charge is 2.26. The Balaban J connectivity index is 2.23. The van der Waals surface area contributed by atoms with Crippen LogP contribution in [-0.4, -0.2) is 18.6 Å². The number of benzene rings is 1. The first kappa shape index (κ1) is 14.8. The number of alkyl halides is 3. The Kier molecular flexibility index (Phi) is 5.47. The van der Waals surface area contributed by atoms with E-state index in [0.717, 1.165) is 0 Å². The minimum Gasteiger partial charge on any atom is -0.486 e. The smallest absolute Gasteiger partial charge is 0.389 e. The fourth-order valence-electron chi connectivity index (χ4n) is 1.25. The fourth-order valence-corrected chi connectivity index (χ4v) is 1.38. The van der Waals surface area contributed by atoms with E-state index in [2.05, 4.69) is 0 Å². The molecule has 18 heavy (non-hydrogen) atoms. The van der Waals surface area contributed by atoms with Gasteiger partial charge in [-0.25, -0.2) is 0 Å². The molecule has 0 aromatic heterocycles. The van der Waals surface area contributed by atoms with Gasteiger partial charge in [-0.1, -0.05) is 11.6 Å². The molecular formula is C12H12ClF3O2. The molecule has 0 unspecified atom stereocenters. The summed E-state index contributed by atoms with van der Waals surface area (Å²) in [4.78, 5) is 11.3. The molecule has 0 N–H and O–H groups in total. The molecule has 0 amide bonds. The molecule has 0 aliphatic rings. The molecule has 0 saturated carbocycles. The van der Waals surface area contributed by atoms with Gasteiger partial charge in [0.2, 0.25) is 0 Å². The third-order valence-electron chi connectivity index (χ3n) is 2.13. The van der Waals surface area contributed by atoms with Gasteiger partial charge in [0.25, 0.3) is 0 Å². The quantitative estimate of drug-likeness (QED) is 0.787. The highest BCUT2D eigenvalue weighted by atomic mass is 35.5. The molecule has 0 spiro atoms. The highest BCUT2D eigenvalue weighted by molar-refractivity contribution is 6.30. The van der Waals surface area contributed by atoms with E-state index in [-0.39, 0.29) is 25.2 Å². The Hall–Kier alpha value is -1.23. The summed E-state index contributed by atoms with van der Waals surface area (Å²) in [5, 5.41) is 0.541. The van der Waals surface area contributed by atoms with Gasteiger partial charge in [0.05, 0.1) is 0 Å². The molecule has 0 radical (unpaired) electrons. The predicted octanol–water partition coefficient (Wildman–Crippen LogP) is 4.02. The van der Waals surface area contributed by atoms with Gasteiger partial charge in [0.15, 0.2) is 5.78 Å². The molecule has 0 bridgehead atoms. The number of Topliss-reactive ketones (excluding diaryl/α,β-unsaturated/α-hetero) is 1. The summed E-state index contributed by atoms with van der Waals surface area (Å²) in [7, 11) is 0. The van der Waals surface area contributed by atoms with Crippen molar-refractivity contribution in [3.8, 4) is 5.75 Å². The van der Waals surface area contributed by atoms with E-state index in [1.807, 2.05) is 0 Å². The second-order valence-electron chi connectivity index (χ2n) is 3.75. The summed E-state index contributed by atoms with van der Waals surface area (Å²) >= 11 is 5.66. The largest absolute Gasteiger partial charge is 0.486 e. The molecule has 6 heteroatoms. The zero-order valence-electron chi connectivity index (χ0n) is 9.47. The second-order valence-corrected chi connectivity index (χ2v) is 4.19. The lowest BCUT2D eigenvalue weighted by molar-refractivity contribution is -0.137. The average Bonchev–Trinajstić information content (AvgIpc) is 2.26. The van der Waals surface area contributed by atoms with Crippen LogP contribution in [-0.2, 0) is 4.79 Å². The van der Waals surface area contributed by atoms with E-state index in [1.54, 1.807) is 24.3 Å². The lowest BCUT2D eigenvalue weighted by atomic mass is 10.2. The normalized spacial score (nSPS) is 11.3. The number of carbonyl (C=O) groups excluding carboxylic acids is 1. The Bertz CT molecular complexity index is 387. The van der Waals surface area contributed by atoms with Gasteiger partial charge < -0.3 is 4.74 Å². The van der Waals surface area contributed by atoms with Gasteiger partial charge in [-0.15, -0.1) is 0 Å². The molecule has 1 rings (SSSR count). The molecule has 0 heterocycles. The van der Waals surface area contributed by atoms with Gasteiger partial charge in [-0.05, 0) is 30.7 Å². The van der Waals surface area contributed by atoms with Crippen LogP contribution in [0.15, 0.2) is 24.3 Å². The van der Waals surface area contributed by atoms with Crippen molar-refractivity contribution in [2.75, 3.05) is 6.61 Å². The van der Waals surface area contributed by atoms with Crippen LogP contribution in [0.2, 0.25) is 5.02 Å². The van der Waals surface area contributed by atoms with Crippen LogP contribution in [0.1, 0.15) is 19.3 Å². The summed E-state index contributed by atoms with van der Waals surface area (Å²) in [6, 6.07) is 6.38. The van der Waals surface area contributed by atoms with Crippen LogP contribution < -0.4 is 4.74 Å². The highest BCUT2D eigenvalue weighted by Crippen LogP contribution is 2.22. The maximum Gasteiger partial charge on any atom is 0.389 e. The van der Waals surface area contributed by atoms with Gasteiger partial charge in [0.1, 0.15) is 12.4 Å². The van der Waals surface area contributed by atoms with Gasteiger partial charge in [-0.3, -0.25) is 4.79 Å². The second kappa shape index (κ2) is 6.64. The number of carbonyl (C=O) groups is 1. The standard InChI is InChI=1S/C12H12ClF3O2/c13-9-3-5-11(6-4-9)18-8-10(17)2-1-7-12(14,15)16/h3-6H,1-2,7-8H2. The molecule has 100 valence electrons. The number of rotatable bonds is 6. The first-order valence-electron chi connectivity index (χ1n) is 5.33. The van der Waals surface area contributed by atoms with Gasteiger partial charge in [-0.2, -0.15) is 13.2 Å². The third-order valence-corrected chi connectivity index (χ3v) is 2.38. The first-order valence-corrected chi connectivity index (χ1v) is 5.71. The van der Waals surface area contributed by atoms with Crippen molar-refractivity contribution in [3.63, 3.8) is 0 Å². The van der Waals surface area contributed by atoms with Crippen molar-refractivity contribution in [1.29, 1.82) is 0 Å². The number of halogens is 4. The van der Waals surface area contributed by atoms with Crippen molar-refractivity contribution in [3.05, 3.63) is 29.3 Å². The topological polar surface area (TPSA) is 26.3 Å². The molecule has 0 atom stereocenters. The fraction of sp³-hybridized carbons (Fsp3) is 0.417. The number of hydrogen-bond acceptors (Lipinski definition) is 2. The number of ketones is 1. The first-order chi connectivity index (χ1) is 8.37. The lowest BCUT2D eigenvalue weighted by Crippen LogP contribution is -2.13. The minimum absolute atomic E-state index is 0.132. The van der Waals surface area contributed by atoms with E-state index in [9.17, 15) is 18.0 Å². The van der Waals surface area contributed by atoms with Crippen LogP contribution in [0.25, 0.3) is 0 Å². The van der Waals surface area contributed by atoms with E-state index in [0.29, 0.717) is 10.8 Å². The molecular weight excluding hydrogens is 269 g/mol. The van der Waals surface area contributed by atoms with Gasteiger partial charge >= 0.3 is 6.18 Å².